The second kappa shape index (κ2) is 12.0. The third-order valence-corrected chi connectivity index (χ3v) is 6.72. The number of anilines is 1. The molecule has 11 heteroatoms. The van der Waals surface area contributed by atoms with Gasteiger partial charge in [-0.2, -0.15) is 0 Å². The standard InChI is InChI=1S/C24H36FN3O7/c1-4-24(5-2,22(31)34-10-6-9-25)27-20(30)18-7-8-19(28-11-17(12-28)32-3)21(26-18)35-16-23(13-29)14-33-15-23/h7-8,17,29H,4-6,9-16H2,1-3H3,(H,27,30). The number of hydrogen-bond donors (Lipinski definition) is 2. The SMILES string of the molecule is CCC(CC)(NC(=O)c1ccc(N2CC(OC)C2)c(OCC2(CO)COC2)n1)C(=O)OCCCF. The van der Waals surface area contributed by atoms with Crippen molar-refractivity contribution in [3.8, 4) is 5.88 Å². The lowest BCUT2D eigenvalue weighted by Gasteiger charge is -2.41. The highest BCUT2D eigenvalue weighted by atomic mass is 19.1. The lowest BCUT2D eigenvalue weighted by Crippen LogP contribution is -2.55. The zero-order valence-corrected chi connectivity index (χ0v) is 20.7. The predicted molar refractivity (Wildman–Crippen MR) is 125 cm³/mol. The van der Waals surface area contributed by atoms with Gasteiger partial charge < -0.3 is 34.3 Å². The number of alkyl halides is 1. The number of halogens is 1. The Morgan fingerprint density at radius 1 is 1.31 bits per heavy atom. The van der Waals surface area contributed by atoms with E-state index in [2.05, 4.69) is 10.3 Å². The van der Waals surface area contributed by atoms with Gasteiger partial charge in [0.1, 0.15) is 23.5 Å². The fourth-order valence-electron chi connectivity index (χ4n) is 3.93. The number of esters is 1. The van der Waals surface area contributed by atoms with Crippen LogP contribution >= 0.6 is 0 Å². The van der Waals surface area contributed by atoms with Crippen LogP contribution in [0.2, 0.25) is 0 Å². The lowest BCUT2D eigenvalue weighted by molar-refractivity contribution is -0.153. The van der Waals surface area contributed by atoms with Crippen LogP contribution in [-0.4, -0.2) is 93.5 Å². The number of pyridine rings is 1. The maximum absolute atomic E-state index is 13.2. The van der Waals surface area contributed by atoms with E-state index in [0.29, 0.717) is 44.8 Å². The minimum absolute atomic E-state index is 0.0491. The van der Waals surface area contributed by atoms with Crippen LogP contribution in [-0.2, 0) is 19.0 Å². The molecule has 0 radical (unpaired) electrons. The highest BCUT2D eigenvalue weighted by Crippen LogP contribution is 2.34. The van der Waals surface area contributed by atoms with Crippen LogP contribution in [0.1, 0.15) is 43.6 Å². The monoisotopic (exact) mass is 497 g/mol. The number of methoxy groups -OCH3 is 1. The van der Waals surface area contributed by atoms with Gasteiger partial charge in [-0.15, -0.1) is 0 Å². The normalized spacial score (nSPS) is 17.3. The summed E-state index contributed by atoms with van der Waals surface area (Å²) in [5.41, 5.74) is -0.948. The van der Waals surface area contributed by atoms with Crippen molar-refractivity contribution in [2.75, 3.05) is 64.8 Å². The molecule has 0 bridgehead atoms. The van der Waals surface area contributed by atoms with Crippen molar-refractivity contribution in [1.29, 1.82) is 0 Å². The van der Waals surface area contributed by atoms with E-state index in [0.717, 1.165) is 0 Å². The third-order valence-electron chi connectivity index (χ3n) is 6.72. The van der Waals surface area contributed by atoms with Crippen molar-refractivity contribution in [3.63, 3.8) is 0 Å². The molecule has 1 amide bonds. The molecular weight excluding hydrogens is 461 g/mol. The van der Waals surface area contributed by atoms with Crippen LogP contribution in [0.4, 0.5) is 10.1 Å². The maximum atomic E-state index is 13.2. The topological polar surface area (TPSA) is 119 Å². The first-order valence-corrected chi connectivity index (χ1v) is 12.0. The van der Waals surface area contributed by atoms with Crippen molar-refractivity contribution in [1.82, 2.24) is 10.3 Å². The molecule has 0 saturated carbocycles. The number of aliphatic hydroxyl groups is 1. The maximum Gasteiger partial charge on any atom is 0.331 e. The summed E-state index contributed by atoms with van der Waals surface area (Å²) in [4.78, 5) is 32.4. The van der Waals surface area contributed by atoms with Gasteiger partial charge in [-0.1, -0.05) is 13.8 Å². The molecule has 0 spiro atoms. The summed E-state index contributed by atoms with van der Waals surface area (Å²) in [7, 11) is 1.66. The minimum Gasteiger partial charge on any atom is -0.475 e. The second-order valence-electron chi connectivity index (χ2n) is 9.14. The van der Waals surface area contributed by atoms with Gasteiger partial charge in [0, 0.05) is 26.6 Å². The minimum atomic E-state index is -1.25. The molecule has 0 aromatic carbocycles. The molecule has 196 valence electrons. The second-order valence-corrected chi connectivity index (χ2v) is 9.14. The van der Waals surface area contributed by atoms with Gasteiger partial charge in [0.15, 0.2) is 0 Å². The summed E-state index contributed by atoms with van der Waals surface area (Å²) >= 11 is 0. The molecule has 1 aromatic heterocycles. The third kappa shape index (κ3) is 6.02. The predicted octanol–water partition coefficient (Wildman–Crippen LogP) is 1.50. The molecule has 2 fully saturated rings. The number of carbonyl (C=O) groups excluding carboxylic acids is 2. The summed E-state index contributed by atoms with van der Waals surface area (Å²) in [6.45, 7) is 5.10. The highest BCUT2D eigenvalue weighted by Gasteiger charge is 2.41. The average molecular weight is 498 g/mol. The van der Waals surface area contributed by atoms with Gasteiger partial charge in [-0.25, -0.2) is 9.78 Å². The fraction of sp³-hybridized carbons (Fsp3) is 0.708. The van der Waals surface area contributed by atoms with E-state index in [4.69, 9.17) is 18.9 Å². The van der Waals surface area contributed by atoms with E-state index >= 15 is 0 Å². The van der Waals surface area contributed by atoms with Crippen LogP contribution in [0.15, 0.2) is 12.1 Å². The van der Waals surface area contributed by atoms with E-state index in [1.807, 2.05) is 4.90 Å². The number of ether oxygens (including phenoxy) is 4. The molecule has 3 rings (SSSR count). The zero-order chi connectivity index (χ0) is 25.5. The number of hydrogen-bond acceptors (Lipinski definition) is 9. The van der Waals surface area contributed by atoms with Crippen LogP contribution in [0, 0.1) is 5.41 Å². The number of aliphatic hydroxyl groups excluding tert-OH is 1. The molecule has 2 aliphatic rings. The quantitative estimate of drug-likeness (QED) is 0.291. The first kappa shape index (κ1) is 27.1. The van der Waals surface area contributed by atoms with Gasteiger partial charge in [-0.3, -0.25) is 9.18 Å². The number of aromatic nitrogens is 1. The van der Waals surface area contributed by atoms with E-state index in [1.165, 1.54) is 0 Å². The summed E-state index contributed by atoms with van der Waals surface area (Å²) in [5.74, 6) is -0.885. The van der Waals surface area contributed by atoms with Gasteiger partial charge in [0.2, 0.25) is 5.88 Å². The van der Waals surface area contributed by atoms with Crippen molar-refractivity contribution in [2.45, 2.75) is 44.8 Å². The van der Waals surface area contributed by atoms with E-state index in [-0.39, 0.29) is 43.9 Å². The first-order valence-electron chi connectivity index (χ1n) is 12.0. The largest absolute Gasteiger partial charge is 0.475 e. The Hall–Kier alpha value is -2.50. The number of carbonyl (C=O) groups is 2. The highest BCUT2D eigenvalue weighted by molar-refractivity contribution is 5.97. The van der Waals surface area contributed by atoms with Crippen molar-refractivity contribution < 1.29 is 38.0 Å². The molecule has 0 atom stereocenters. The number of amides is 1. The smallest absolute Gasteiger partial charge is 0.331 e. The lowest BCUT2D eigenvalue weighted by atomic mass is 9.88. The molecule has 2 N–H and O–H groups in total. The molecule has 1 aromatic rings. The molecular formula is C24H36FN3O7. The van der Waals surface area contributed by atoms with E-state index < -0.39 is 29.5 Å². The Labute approximate surface area is 205 Å². The Balaban J connectivity index is 1.79. The zero-order valence-electron chi connectivity index (χ0n) is 20.7. The summed E-state index contributed by atoms with van der Waals surface area (Å²) in [6, 6.07) is 3.33. The fourth-order valence-corrected chi connectivity index (χ4v) is 3.93. The molecule has 10 nitrogen and oxygen atoms in total. The number of nitrogens with zero attached hydrogens (tertiary/aromatic N) is 2. The van der Waals surface area contributed by atoms with Crippen LogP contribution in [0.3, 0.4) is 0 Å². The first-order chi connectivity index (χ1) is 16.9. The van der Waals surface area contributed by atoms with Crippen LogP contribution in [0.5, 0.6) is 5.88 Å². The Morgan fingerprint density at radius 3 is 2.57 bits per heavy atom. The Kier molecular flexibility index (Phi) is 9.26. The van der Waals surface area contributed by atoms with E-state index in [1.54, 1.807) is 33.1 Å². The molecule has 0 aliphatic carbocycles. The molecule has 2 saturated heterocycles. The average Bonchev–Trinajstić information content (AvgIpc) is 2.82. The van der Waals surface area contributed by atoms with Crippen LogP contribution < -0.4 is 15.0 Å². The van der Waals surface area contributed by atoms with Crippen LogP contribution in [0.25, 0.3) is 0 Å². The molecule has 0 unspecified atom stereocenters. The molecule has 2 aliphatic heterocycles. The van der Waals surface area contributed by atoms with Crippen molar-refractivity contribution in [3.05, 3.63) is 17.8 Å². The summed E-state index contributed by atoms with van der Waals surface area (Å²) in [6.07, 6.45) is 0.813. The van der Waals surface area contributed by atoms with E-state index in [9.17, 15) is 19.1 Å². The summed E-state index contributed by atoms with van der Waals surface area (Å²) < 4.78 is 34.2. The van der Waals surface area contributed by atoms with Crippen molar-refractivity contribution in [2.24, 2.45) is 5.41 Å². The van der Waals surface area contributed by atoms with Gasteiger partial charge in [0.25, 0.3) is 5.91 Å². The number of rotatable bonds is 14. The molecule has 35 heavy (non-hydrogen) atoms. The van der Waals surface area contributed by atoms with Gasteiger partial charge >= 0.3 is 5.97 Å². The Bertz CT molecular complexity index is 865. The Morgan fingerprint density at radius 2 is 2.03 bits per heavy atom. The van der Waals surface area contributed by atoms with Crippen molar-refractivity contribution >= 4 is 17.6 Å². The van der Waals surface area contributed by atoms with Gasteiger partial charge in [-0.05, 0) is 25.0 Å². The summed E-state index contributed by atoms with van der Waals surface area (Å²) in [5, 5.41) is 12.5. The molecule has 3 heterocycles. The van der Waals surface area contributed by atoms with Gasteiger partial charge in [0.05, 0.1) is 44.6 Å². The number of nitrogens with one attached hydrogen (secondary N) is 1.